The predicted octanol–water partition coefficient (Wildman–Crippen LogP) is 3.30. The number of hydrogen-bond acceptors (Lipinski definition) is 3. The maximum Gasteiger partial charge on any atom is 0.339 e. The van der Waals surface area contributed by atoms with Gasteiger partial charge in [0.1, 0.15) is 22.8 Å². The molecule has 0 aliphatic heterocycles. The lowest BCUT2D eigenvalue weighted by Crippen LogP contribution is -1.97. The van der Waals surface area contributed by atoms with Gasteiger partial charge in [-0.25, -0.2) is 4.79 Å². The molecule has 0 amide bonds. The van der Waals surface area contributed by atoms with Gasteiger partial charge >= 0.3 is 5.97 Å². The average Bonchev–Trinajstić information content (AvgIpc) is 3.02. The molecule has 0 bridgehead atoms. The minimum Gasteiger partial charge on any atom is -0.497 e. The Morgan fingerprint density at radius 3 is 2.81 bits per heavy atom. The zero-order valence-corrected chi connectivity index (χ0v) is 11.8. The number of hydrogen-bond donors (Lipinski definition) is 1. The second-order valence-corrected chi connectivity index (χ2v) is 4.86. The van der Waals surface area contributed by atoms with E-state index in [-0.39, 0.29) is 5.56 Å². The first kappa shape index (κ1) is 13.3. The van der Waals surface area contributed by atoms with Gasteiger partial charge < -0.3 is 18.8 Å². The van der Waals surface area contributed by atoms with E-state index >= 15 is 0 Å². The zero-order chi connectivity index (χ0) is 15.0. The molecule has 0 atom stereocenters. The third-order valence-electron chi connectivity index (χ3n) is 3.50. The fraction of sp³-hybridized carbons (Fsp3) is 0.188. The van der Waals surface area contributed by atoms with Gasteiger partial charge in [-0.15, -0.1) is 0 Å². The molecule has 0 saturated carbocycles. The Bertz CT molecular complexity index is 813. The quantitative estimate of drug-likeness (QED) is 0.798. The van der Waals surface area contributed by atoms with E-state index in [4.69, 9.17) is 14.3 Å². The van der Waals surface area contributed by atoms with Crippen LogP contribution in [0.25, 0.3) is 10.9 Å². The molecule has 1 aromatic carbocycles. The summed E-state index contributed by atoms with van der Waals surface area (Å²) in [4.78, 5) is 11.0. The summed E-state index contributed by atoms with van der Waals surface area (Å²) in [5, 5.41) is 10.1. The van der Waals surface area contributed by atoms with Gasteiger partial charge in [0, 0.05) is 17.1 Å². The number of nitrogens with zero attached hydrogens (tertiary/aromatic N) is 1. The van der Waals surface area contributed by atoms with Crippen LogP contribution in [-0.4, -0.2) is 22.8 Å². The van der Waals surface area contributed by atoms with E-state index in [1.54, 1.807) is 20.1 Å². The summed E-state index contributed by atoms with van der Waals surface area (Å²) in [5.74, 6) is 0.890. The monoisotopic (exact) mass is 285 g/mol. The van der Waals surface area contributed by atoms with Crippen LogP contribution in [0.4, 0.5) is 0 Å². The van der Waals surface area contributed by atoms with Crippen molar-refractivity contribution in [2.75, 3.05) is 7.11 Å². The Labute approximate surface area is 121 Å². The number of carbonyl (C=O) groups is 1. The Hall–Kier alpha value is -2.69. The molecule has 3 aromatic rings. The number of carboxylic acids is 1. The smallest absolute Gasteiger partial charge is 0.339 e. The molecule has 0 aliphatic carbocycles. The fourth-order valence-electron chi connectivity index (χ4n) is 2.44. The van der Waals surface area contributed by atoms with Crippen LogP contribution in [0, 0.1) is 6.92 Å². The zero-order valence-electron chi connectivity index (χ0n) is 11.8. The molecular weight excluding hydrogens is 270 g/mol. The number of aromatic nitrogens is 1. The van der Waals surface area contributed by atoms with E-state index < -0.39 is 5.97 Å². The molecule has 0 spiro atoms. The number of aromatic carboxylic acids is 1. The maximum atomic E-state index is 11.0. The number of ether oxygens (including phenoxy) is 1. The van der Waals surface area contributed by atoms with Gasteiger partial charge in [-0.1, -0.05) is 0 Å². The van der Waals surface area contributed by atoms with Crippen LogP contribution in [0.1, 0.15) is 21.9 Å². The molecule has 0 aliphatic rings. The van der Waals surface area contributed by atoms with Crippen molar-refractivity contribution in [3.63, 3.8) is 0 Å². The summed E-state index contributed by atoms with van der Waals surface area (Å²) in [7, 11) is 1.64. The Morgan fingerprint density at radius 1 is 1.33 bits per heavy atom. The number of fused-ring (bicyclic) bond motifs is 1. The lowest BCUT2D eigenvalue weighted by molar-refractivity contribution is 0.0695. The Morgan fingerprint density at radius 2 is 2.14 bits per heavy atom. The van der Waals surface area contributed by atoms with E-state index in [0.717, 1.165) is 16.7 Å². The van der Waals surface area contributed by atoms with Gasteiger partial charge in [-0.3, -0.25) is 0 Å². The SMILES string of the molecule is COc1ccc2c(ccn2Cc2cc(C(=O)O)c(C)o2)c1. The third kappa shape index (κ3) is 2.38. The van der Waals surface area contributed by atoms with Crippen molar-refractivity contribution in [1.82, 2.24) is 4.57 Å². The molecular formula is C16H15NO4. The fourth-order valence-corrected chi connectivity index (χ4v) is 2.44. The van der Waals surface area contributed by atoms with Gasteiger partial charge in [0.25, 0.3) is 0 Å². The molecule has 0 unspecified atom stereocenters. The summed E-state index contributed by atoms with van der Waals surface area (Å²) >= 11 is 0. The highest BCUT2D eigenvalue weighted by atomic mass is 16.5. The minimum atomic E-state index is -0.968. The highest BCUT2D eigenvalue weighted by Crippen LogP contribution is 2.23. The molecule has 2 aromatic heterocycles. The molecule has 21 heavy (non-hydrogen) atoms. The van der Waals surface area contributed by atoms with Crippen LogP contribution in [0.5, 0.6) is 5.75 Å². The van der Waals surface area contributed by atoms with Gasteiger partial charge in [0.2, 0.25) is 0 Å². The molecule has 108 valence electrons. The molecule has 2 heterocycles. The molecule has 0 saturated heterocycles. The summed E-state index contributed by atoms with van der Waals surface area (Å²) in [5.41, 5.74) is 1.25. The van der Waals surface area contributed by atoms with Crippen LogP contribution in [0.3, 0.4) is 0 Å². The van der Waals surface area contributed by atoms with Crippen LogP contribution in [0.15, 0.2) is 40.9 Å². The summed E-state index contributed by atoms with van der Waals surface area (Å²) in [6, 6.07) is 9.40. The second-order valence-electron chi connectivity index (χ2n) is 4.86. The number of carboxylic acid groups (broad SMARTS) is 1. The summed E-state index contributed by atoms with van der Waals surface area (Å²) in [6.45, 7) is 2.15. The topological polar surface area (TPSA) is 64.6 Å². The van der Waals surface area contributed by atoms with Crippen LogP contribution in [0.2, 0.25) is 0 Å². The van der Waals surface area contributed by atoms with Crippen LogP contribution < -0.4 is 4.74 Å². The number of benzene rings is 1. The molecule has 5 heteroatoms. The van der Waals surface area contributed by atoms with Crippen molar-refractivity contribution in [1.29, 1.82) is 0 Å². The number of rotatable bonds is 4. The highest BCUT2D eigenvalue weighted by molar-refractivity contribution is 5.88. The summed E-state index contributed by atoms with van der Waals surface area (Å²) in [6.07, 6.45) is 1.95. The largest absolute Gasteiger partial charge is 0.497 e. The van der Waals surface area contributed by atoms with Crippen LogP contribution >= 0.6 is 0 Å². The number of aryl methyl sites for hydroxylation is 1. The van der Waals surface area contributed by atoms with Crippen LogP contribution in [-0.2, 0) is 6.54 Å². The molecule has 3 rings (SSSR count). The van der Waals surface area contributed by atoms with Gasteiger partial charge in [-0.2, -0.15) is 0 Å². The second kappa shape index (κ2) is 5.01. The van der Waals surface area contributed by atoms with Crippen molar-refractivity contribution < 1.29 is 19.1 Å². The molecule has 0 radical (unpaired) electrons. The van der Waals surface area contributed by atoms with Gasteiger partial charge in [-0.05, 0) is 37.3 Å². The Kier molecular flexibility index (Phi) is 3.17. The van der Waals surface area contributed by atoms with Crippen molar-refractivity contribution in [3.05, 3.63) is 53.6 Å². The van der Waals surface area contributed by atoms with E-state index in [1.807, 2.05) is 35.0 Å². The first-order valence-corrected chi connectivity index (χ1v) is 6.54. The van der Waals surface area contributed by atoms with E-state index in [0.29, 0.717) is 18.1 Å². The summed E-state index contributed by atoms with van der Waals surface area (Å²) < 4.78 is 12.7. The van der Waals surface area contributed by atoms with E-state index in [9.17, 15) is 4.79 Å². The average molecular weight is 285 g/mol. The lowest BCUT2D eigenvalue weighted by Gasteiger charge is -2.04. The molecule has 0 fully saturated rings. The van der Waals surface area contributed by atoms with Crippen molar-refractivity contribution >= 4 is 16.9 Å². The maximum absolute atomic E-state index is 11.0. The number of methoxy groups -OCH3 is 1. The molecule has 1 N–H and O–H groups in total. The van der Waals surface area contributed by atoms with Crippen molar-refractivity contribution in [2.24, 2.45) is 0 Å². The lowest BCUT2D eigenvalue weighted by atomic mass is 10.2. The van der Waals surface area contributed by atoms with Gasteiger partial charge in [0.05, 0.1) is 13.7 Å². The van der Waals surface area contributed by atoms with Crippen molar-refractivity contribution in [3.8, 4) is 5.75 Å². The number of furan rings is 1. The predicted molar refractivity (Wildman–Crippen MR) is 78.0 cm³/mol. The van der Waals surface area contributed by atoms with E-state index in [1.165, 1.54) is 0 Å². The standard InChI is InChI=1S/C16H15NO4/c1-10-14(16(18)19)8-13(21-10)9-17-6-5-11-7-12(20-2)3-4-15(11)17/h3-8H,9H2,1-2H3,(H,18,19). The van der Waals surface area contributed by atoms with E-state index in [2.05, 4.69) is 0 Å². The first-order valence-electron chi connectivity index (χ1n) is 6.54. The highest BCUT2D eigenvalue weighted by Gasteiger charge is 2.14. The normalized spacial score (nSPS) is 11.0. The minimum absolute atomic E-state index is 0.211. The Balaban J connectivity index is 1.95. The third-order valence-corrected chi connectivity index (χ3v) is 3.50. The van der Waals surface area contributed by atoms with Gasteiger partial charge in [0.15, 0.2) is 0 Å². The first-order chi connectivity index (χ1) is 10.1. The molecule has 5 nitrogen and oxygen atoms in total. The van der Waals surface area contributed by atoms with Crippen molar-refractivity contribution in [2.45, 2.75) is 13.5 Å².